The van der Waals surface area contributed by atoms with Crippen LogP contribution in [0.1, 0.15) is 28.5 Å². The Kier molecular flexibility index (Phi) is 4.29. The molecule has 0 atom stereocenters. The molecular formula is C13H16FN5O. The molecule has 2 aromatic heterocycles. The van der Waals surface area contributed by atoms with Crippen LogP contribution < -0.4 is 10.6 Å². The first kappa shape index (κ1) is 14.0. The van der Waals surface area contributed by atoms with Gasteiger partial charge < -0.3 is 10.6 Å². The summed E-state index contributed by atoms with van der Waals surface area (Å²) in [5.74, 6) is -1.04. The molecule has 0 unspecified atom stereocenters. The third kappa shape index (κ3) is 2.93. The summed E-state index contributed by atoms with van der Waals surface area (Å²) >= 11 is 0. The van der Waals surface area contributed by atoms with Crippen molar-refractivity contribution in [1.29, 1.82) is 0 Å². The number of H-pyrrole nitrogens is 1. The van der Waals surface area contributed by atoms with Crippen LogP contribution in [0.3, 0.4) is 0 Å². The van der Waals surface area contributed by atoms with Gasteiger partial charge in [-0.1, -0.05) is 0 Å². The highest BCUT2D eigenvalue weighted by Gasteiger charge is 2.15. The Morgan fingerprint density at radius 1 is 1.50 bits per heavy atom. The monoisotopic (exact) mass is 277 g/mol. The molecule has 0 saturated heterocycles. The standard InChI is InChI=1S/C13H16FN5O/c1-3-15-12-11(14)10(4-5-16-12)13(20)17-6-9-7-18-19-8(9)2/h4-5,7H,3,6H2,1-2H3,(H,15,16)(H,17,20)(H,18,19). The predicted octanol–water partition coefficient (Wildman–Crippen LogP) is 1.61. The summed E-state index contributed by atoms with van der Waals surface area (Å²) in [5, 5.41) is 12.1. The lowest BCUT2D eigenvalue weighted by Gasteiger charge is -2.08. The largest absolute Gasteiger partial charge is 0.368 e. The number of pyridine rings is 1. The maximum Gasteiger partial charge on any atom is 0.254 e. The predicted molar refractivity (Wildman–Crippen MR) is 72.9 cm³/mol. The molecule has 0 saturated carbocycles. The second kappa shape index (κ2) is 6.14. The summed E-state index contributed by atoms with van der Waals surface area (Å²) < 4.78 is 14.1. The van der Waals surface area contributed by atoms with E-state index in [-0.39, 0.29) is 11.4 Å². The van der Waals surface area contributed by atoms with E-state index in [9.17, 15) is 9.18 Å². The fourth-order valence-corrected chi connectivity index (χ4v) is 1.73. The van der Waals surface area contributed by atoms with Crippen LogP contribution in [0.15, 0.2) is 18.5 Å². The second-order valence-corrected chi connectivity index (χ2v) is 4.25. The van der Waals surface area contributed by atoms with Gasteiger partial charge in [0.2, 0.25) is 0 Å². The molecule has 0 spiro atoms. The molecule has 2 rings (SSSR count). The number of nitrogens with zero attached hydrogens (tertiary/aromatic N) is 2. The van der Waals surface area contributed by atoms with Gasteiger partial charge >= 0.3 is 0 Å². The van der Waals surface area contributed by atoms with E-state index >= 15 is 0 Å². The number of halogens is 1. The number of rotatable bonds is 5. The number of anilines is 1. The van der Waals surface area contributed by atoms with Crippen molar-refractivity contribution in [3.63, 3.8) is 0 Å². The molecule has 20 heavy (non-hydrogen) atoms. The average Bonchev–Trinajstić information content (AvgIpc) is 2.84. The minimum absolute atomic E-state index is 0.0305. The lowest BCUT2D eigenvalue weighted by Crippen LogP contribution is -2.24. The zero-order valence-corrected chi connectivity index (χ0v) is 11.3. The molecule has 2 aromatic rings. The Bertz CT molecular complexity index is 611. The van der Waals surface area contributed by atoms with Gasteiger partial charge in [0.1, 0.15) is 0 Å². The van der Waals surface area contributed by atoms with E-state index in [1.54, 1.807) is 6.20 Å². The van der Waals surface area contributed by atoms with Gasteiger partial charge in [0.15, 0.2) is 11.6 Å². The van der Waals surface area contributed by atoms with Crippen LogP contribution in [0.25, 0.3) is 0 Å². The molecule has 0 fully saturated rings. The molecular weight excluding hydrogens is 261 g/mol. The molecule has 1 amide bonds. The summed E-state index contributed by atoms with van der Waals surface area (Å²) in [6.45, 7) is 4.50. The average molecular weight is 277 g/mol. The fourth-order valence-electron chi connectivity index (χ4n) is 1.73. The Hall–Kier alpha value is -2.44. The summed E-state index contributed by atoms with van der Waals surface area (Å²) in [7, 11) is 0. The lowest BCUT2D eigenvalue weighted by atomic mass is 10.2. The van der Waals surface area contributed by atoms with Crippen LogP contribution >= 0.6 is 0 Å². The van der Waals surface area contributed by atoms with Gasteiger partial charge in [0.25, 0.3) is 5.91 Å². The van der Waals surface area contributed by atoms with E-state index in [0.29, 0.717) is 13.1 Å². The number of hydrogen-bond donors (Lipinski definition) is 3. The highest BCUT2D eigenvalue weighted by molar-refractivity contribution is 5.95. The van der Waals surface area contributed by atoms with E-state index in [2.05, 4.69) is 25.8 Å². The van der Waals surface area contributed by atoms with Crippen molar-refractivity contribution in [3.05, 3.63) is 41.1 Å². The summed E-state index contributed by atoms with van der Waals surface area (Å²) in [4.78, 5) is 15.8. The zero-order chi connectivity index (χ0) is 14.5. The van der Waals surface area contributed by atoms with Gasteiger partial charge in [-0.2, -0.15) is 5.10 Å². The molecule has 3 N–H and O–H groups in total. The quantitative estimate of drug-likeness (QED) is 0.775. The van der Waals surface area contributed by atoms with Gasteiger partial charge in [-0.3, -0.25) is 9.89 Å². The van der Waals surface area contributed by atoms with E-state index < -0.39 is 11.7 Å². The Balaban J connectivity index is 2.09. The topological polar surface area (TPSA) is 82.7 Å². The minimum Gasteiger partial charge on any atom is -0.368 e. The molecule has 106 valence electrons. The zero-order valence-electron chi connectivity index (χ0n) is 11.3. The number of nitrogens with one attached hydrogen (secondary N) is 3. The minimum atomic E-state index is -0.643. The van der Waals surface area contributed by atoms with Crippen molar-refractivity contribution >= 4 is 11.7 Å². The van der Waals surface area contributed by atoms with Gasteiger partial charge in [-0.05, 0) is 19.9 Å². The van der Waals surface area contributed by atoms with Gasteiger partial charge in [-0.25, -0.2) is 9.37 Å². The van der Waals surface area contributed by atoms with Crippen LogP contribution in [-0.2, 0) is 6.54 Å². The van der Waals surface area contributed by atoms with Gasteiger partial charge in [0, 0.05) is 30.5 Å². The first-order chi connectivity index (χ1) is 9.63. The number of amides is 1. The number of aryl methyl sites for hydroxylation is 1. The number of hydrogen-bond acceptors (Lipinski definition) is 4. The van der Waals surface area contributed by atoms with Crippen LogP contribution in [0.4, 0.5) is 10.2 Å². The molecule has 6 nitrogen and oxygen atoms in total. The van der Waals surface area contributed by atoms with Gasteiger partial charge in [-0.15, -0.1) is 0 Å². The second-order valence-electron chi connectivity index (χ2n) is 4.25. The Morgan fingerprint density at radius 3 is 2.95 bits per heavy atom. The van der Waals surface area contributed by atoms with Crippen LogP contribution in [0.2, 0.25) is 0 Å². The normalized spacial score (nSPS) is 10.3. The summed E-state index contributed by atoms with van der Waals surface area (Å²) in [6.07, 6.45) is 3.03. The van der Waals surface area contributed by atoms with Crippen molar-refractivity contribution in [2.75, 3.05) is 11.9 Å². The van der Waals surface area contributed by atoms with Crippen molar-refractivity contribution in [2.24, 2.45) is 0 Å². The van der Waals surface area contributed by atoms with Crippen molar-refractivity contribution in [3.8, 4) is 0 Å². The summed E-state index contributed by atoms with van der Waals surface area (Å²) in [5.41, 5.74) is 1.70. The van der Waals surface area contributed by atoms with E-state index in [1.165, 1.54) is 12.3 Å². The van der Waals surface area contributed by atoms with Crippen molar-refractivity contribution < 1.29 is 9.18 Å². The molecule has 0 aliphatic carbocycles. The van der Waals surface area contributed by atoms with E-state index in [4.69, 9.17) is 0 Å². The first-order valence-electron chi connectivity index (χ1n) is 6.29. The molecule has 0 aliphatic rings. The van der Waals surface area contributed by atoms with Crippen LogP contribution in [-0.4, -0.2) is 27.6 Å². The number of aromatic nitrogens is 3. The van der Waals surface area contributed by atoms with E-state index in [1.807, 2.05) is 13.8 Å². The van der Waals surface area contributed by atoms with Gasteiger partial charge in [0.05, 0.1) is 11.8 Å². The lowest BCUT2D eigenvalue weighted by molar-refractivity contribution is 0.0947. The molecule has 0 aliphatic heterocycles. The number of carbonyl (C=O) groups excluding carboxylic acids is 1. The number of carbonyl (C=O) groups is 1. The summed E-state index contributed by atoms with van der Waals surface area (Å²) in [6, 6.07) is 1.35. The highest BCUT2D eigenvalue weighted by atomic mass is 19.1. The molecule has 7 heteroatoms. The maximum atomic E-state index is 14.1. The Labute approximate surface area is 115 Å². The smallest absolute Gasteiger partial charge is 0.254 e. The molecule has 0 bridgehead atoms. The van der Waals surface area contributed by atoms with Crippen LogP contribution in [0, 0.1) is 12.7 Å². The molecule has 0 radical (unpaired) electrons. The van der Waals surface area contributed by atoms with Crippen molar-refractivity contribution in [2.45, 2.75) is 20.4 Å². The maximum absolute atomic E-state index is 14.1. The Morgan fingerprint density at radius 2 is 2.30 bits per heavy atom. The third-order valence-electron chi connectivity index (χ3n) is 2.85. The fraction of sp³-hybridized carbons (Fsp3) is 0.308. The van der Waals surface area contributed by atoms with E-state index in [0.717, 1.165) is 11.3 Å². The third-order valence-corrected chi connectivity index (χ3v) is 2.85. The SMILES string of the molecule is CCNc1nccc(C(=O)NCc2cn[nH]c2C)c1F. The van der Waals surface area contributed by atoms with Crippen molar-refractivity contribution in [1.82, 2.24) is 20.5 Å². The molecule has 2 heterocycles. The number of aromatic amines is 1. The molecule has 0 aromatic carbocycles. The highest BCUT2D eigenvalue weighted by Crippen LogP contribution is 2.15. The first-order valence-corrected chi connectivity index (χ1v) is 6.29. The van der Waals surface area contributed by atoms with Crippen LogP contribution in [0.5, 0.6) is 0 Å².